The standard InChI is InChI=1S/C20H22BrN3O2/c21-17-10-11-18(22-13-17)24-20(26)16-8-6-14(7-9-16)12-23-19(25)15-4-2-1-3-5-15/h6-11,13,15H,1-5,12H2,(H,23,25)(H,22,24,26). The summed E-state index contributed by atoms with van der Waals surface area (Å²) < 4.78 is 0.857. The molecule has 6 heteroatoms. The molecule has 1 saturated carbocycles. The Bertz CT molecular complexity index is 754. The minimum atomic E-state index is -0.211. The predicted molar refractivity (Wildman–Crippen MR) is 105 cm³/mol. The van der Waals surface area contributed by atoms with E-state index in [0.29, 0.717) is 17.9 Å². The number of hydrogen-bond donors (Lipinski definition) is 2. The average molecular weight is 416 g/mol. The zero-order valence-electron chi connectivity index (χ0n) is 14.5. The molecule has 1 aromatic carbocycles. The van der Waals surface area contributed by atoms with Crippen LogP contribution in [0.3, 0.4) is 0 Å². The van der Waals surface area contributed by atoms with E-state index < -0.39 is 0 Å². The van der Waals surface area contributed by atoms with Crippen LogP contribution in [0.2, 0.25) is 0 Å². The highest BCUT2D eigenvalue weighted by Gasteiger charge is 2.20. The number of anilines is 1. The third-order valence-corrected chi connectivity index (χ3v) is 5.10. The lowest BCUT2D eigenvalue weighted by Gasteiger charge is -2.20. The fourth-order valence-electron chi connectivity index (χ4n) is 3.11. The van der Waals surface area contributed by atoms with Crippen LogP contribution >= 0.6 is 15.9 Å². The summed E-state index contributed by atoms with van der Waals surface area (Å²) in [6.07, 6.45) is 7.16. The van der Waals surface area contributed by atoms with Crippen molar-refractivity contribution in [2.24, 2.45) is 5.92 Å². The topological polar surface area (TPSA) is 71.1 Å². The van der Waals surface area contributed by atoms with E-state index in [-0.39, 0.29) is 17.7 Å². The van der Waals surface area contributed by atoms with E-state index in [4.69, 9.17) is 0 Å². The van der Waals surface area contributed by atoms with Gasteiger partial charge in [0.1, 0.15) is 5.82 Å². The van der Waals surface area contributed by atoms with Crippen molar-refractivity contribution in [3.05, 3.63) is 58.2 Å². The largest absolute Gasteiger partial charge is 0.352 e. The Morgan fingerprint density at radius 3 is 2.42 bits per heavy atom. The van der Waals surface area contributed by atoms with Crippen LogP contribution in [0.25, 0.3) is 0 Å². The van der Waals surface area contributed by atoms with Gasteiger partial charge in [-0.15, -0.1) is 0 Å². The van der Waals surface area contributed by atoms with Crippen LogP contribution in [0.15, 0.2) is 47.1 Å². The van der Waals surface area contributed by atoms with Gasteiger partial charge in [0.05, 0.1) is 0 Å². The Hall–Kier alpha value is -2.21. The summed E-state index contributed by atoms with van der Waals surface area (Å²) in [5.74, 6) is 0.597. The van der Waals surface area contributed by atoms with Gasteiger partial charge in [-0.05, 0) is 58.6 Å². The fraction of sp³-hybridized carbons (Fsp3) is 0.350. The Morgan fingerprint density at radius 2 is 1.77 bits per heavy atom. The normalized spacial score (nSPS) is 14.7. The number of halogens is 1. The molecule has 5 nitrogen and oxygen atoms in total. The van der Waals surface area contributed by atoms with Crippen molar-refractivity contribution in [1.82, 2.24) is 10.3 Å². The van der Waals surface area contributed by atoms with Gasteiger partial charge in [0.2, 0.25) is 5.91 Å². The van der Waals surface area contributed by atoms with E-state index in [2.05, 4.69) is 31.5 Å². The molecule has 0 bridgehead atoms. The monoisotopic (exact) mass is 415 g/mol. The summed E-state index contributed by atoms with van der Waals surface area (Å²) in [7, 11) is 0. The van der Waals surface area contributed by atoms with Gasteiger partial charge >= 0.3 is 0 Å². The van der Waals surface area contributed by atoms with E-state index in [1.54, 1.807) is 24.4 Å². The number of carbonyl (C=O) groups is 2. The Balaban J connectivity index is 1.51. The van der Waals surface area contributed by atoms with Crippen molar-refractivity contribution >= 4 is 33.6 Å². The van der Waals surface area contributed by atoms with Gasteiger partial charge in [-0.2, -0.15) is 0 Å². The minimum absolute atomic E-state index is 0.146. The molecule has 0 radical (unpaired) electrons. The summed E-state index contributed by atoms with van der Waals surface area (Å²) in [5, 5.41) is 5.77. The van der Waals surface area contributed by atoms with Crippen molar-refractivity contribution in [3.63, 3.8) is 0 Å². The van der Waals surface area contributed by atoms with Gasteiger partial charge in [0, 0.05) is 28.7 Å². The molecular formula is C20H22BrN3O2. The van der Waals surface area contributed by atoms with Crippen molar-refractivity contribution in [3.8, 4) is 0 Å². The maximum Gasteiger partial charge on any atom is 0.256 e. The van der Waals surface area contributed by atoms with Gasteiger partial charge < -0.3 is 10.6 Å². The summed E-state index contributed by atoms with van der Waals surface area (Å²) in [4.78, 5) is 28.6. The lowest BCUT2D eigenvalue weighted by Crippen LogP contribution is -2.31. The van der Waals surface area contributed by atoms with E-state index >= 15 is 0 Å². The number of carbonyl (C=O) groups excluding carboxylic acids is 2. The van der Waals surface area contributed by atoms with Crippen LogP contribution in [0.5, 0.6) is 0 Å². The molecule has 0 spiro atoms. The molecule has 26 heavy (non-hydrogen) atoms. The number of pyridine rings is 1. The van der Waals surface area contributed by atoms with Crippen molar-refractivity contribution < 1.29 is 9.59 Å². The molecule has 1 aliphatic carbocycles. The zero-order valence-corrected chi connectivity index (χ0v) is 16.1. The molecule has 0 saturated heterocycles. The van der Waals surface area contributed by atoms with Crippen LogP contribution in [0.1, 0.15) is 48.0 Å². The number of nitrogens with one attached hydrogen (secondary N) is 2. The molecule has 1 aromatic heterocycles. The summed E-state index contributed by atoms with van der Waals surface area (Å²) in [5.41, 5.74) is 1.53. The lowest BCUT2D eigenvalue weighted by molar-refractivity contribution is -0.126. The second-order valence-electron chi connectivity index (χ2n) is 6.57. The predicted octanol–water partition coefficient (Wildman–Crippen LogP) is 4.29. The first-order valence-corrected chi connectivity index (χ1v) is 9.71. The van der Waals surface area contributed by atoms with Crippen molar-refractivity contribution in [2.45, 2.75) is 38.6 Å². The van der Waals surface area contributed by atoms with E-state index in [9.17, 15) is 9.59 Å². The first kappa shape index (κ1) is 18.6. The number of rotatable bonds is 5. The van der Waals surface area contributed by atoms with Crippen LogP contribution in [-0.4, -0.2) is 16.8 Å². The molecule has 136 valence electrons. The highest BCUT2D eigenvalue weighted by molar-refractivity contribution is 9.10. The number of benzene rings is 1. The SMILES string of the molecule is O=C(Nc1ccc(Br)cn1)c1ccc(CNC(=O)C2CCCCC2)cc1. The Morgan fingerprint density at radius 1 is 1.04 bits per heavy atom. The van der Waals surface area contributed by atoms with Gasteiger partial charge in [0.25, 0.3) is 5.91 Å². The Labute approximate surface area is 161 Å². The summed E-state index contributed by atoms with van der Waals surface area (Å²) in [6.45, 7) is 0.492. The third-order valence-electron chi connectivity index (χ3n) is 4.63. The maximum absolute atomic E-state index is 12.3. The van der Waals surface area contributed by atoms with E-state index in [1.807, 2.05) is 18.2 Å². The van der Waals surface area contributed by atoms with Gasteiger partial charge in [-0.25, -0.2) is 4.98 Å². The Kier molecular flexibility index (Phi) is 6.39. The molecule has 3 rings (SSSR count). The van der Waals surface area contributed by atoms with Crippen LogP contribution in [0, 0.1) is 5.92 Å². The fourth-order valence-corrected chi connectivity index (χ4v) is 3.35. The maximum atomic E-state index is 12.3. The van der Waals surface area contributed by atoms with Gasteiger partial charge in [-0.3, -0.25) is 9.59 Å². The number of amides is 2. The van der Waals surface area contributed by atoms with Crippen LogP contribution in [0.4, 0.5) is 5.82 Å². The molecular weight excluding hydrogens is 394 g/mol. The molecule has 0 atom stereocenters. The van der Waals surface area contributed by atoms with Crippen LogP contribution in [-0.2, 0) is 11.3 Å². The smallest absolute Gasteiger partial charge is 0.256 e. The summed E-state index contributed by atoms with van der Waals surface area (Å²) >= 11 is 3.31. The molecule has 1 fully saturated rings. The van der Waals surface area contributed by atoms with Crippen molar-refractivity contribution in [1.29, 1.82) is 0 Å². The first-order valence-electron chi connectivity index (χ1n) is 8.91. The van der Waals surface area contributed by atoms with Gasteiger partial charge in [0.15, 0.2) is 0 Å². The lowest BCUT2D eigenvalue weighted by atomic mass is 9.88. The molecule has 2 aromatic rings. The molecule has 1 aliphatic rings. The number of aromatic nitrogens is 1. The molecule has 2 N–H and O–H groups in total. The van der Waals surface area contributed by atoms with E-state index in [1.165, 1.54) is 6.42 Å². The molecule has 1 heterocycles. The highest BCUT2D eigenvalue weighted by atomic mass is 79.9. The highest BCUT2D eigenvalue weighted by Crippen LogP contribution is 2.23. The van der Waals surface area contributed by atoms with E-state index in [0.717, 1.165) is 35.7 Å². The molecule has 2 amide bonds. The first-order chi connectivity index (χ1) is 12.6. The second kappa shape index (κ2) is 8.94. The summed E-state index contributed by atoms with van der Waals surface area (Å²) in [6, 6.07) is 10.8. The van der Waals surface area contributed by atoms with Gasteiger partial charge in [-0.1, -0.05) is 31.4 Å². The average Bonchev–Trinajstić information content (AvgIpc) is 2.69. The number of hydrogen-bond acceptors (Lipinski definition) is 3. The third kappa shape index (κ3) is 5.14. The quantitative estimate of drug-likeness (QED) is 0.764. The number of nitrogens with zero attached hydrogens (tertiary/aromatic N) is 1. The van der Waals surface area contributed by atoms with Crippen molar-refractivity contribution in [2.75, 3.05) is 5.32 Å². The zero-order chi connectivity index (χ0) is 18.4. The molecule has 0 aliphatic heterocycles. The minimum Gasteiger partial charge on any atom is -0.352 e. The molecule has 0 unspecified atom stereocenters. The second-order valence-corrected chi connectivity index (χ2v) is 7.48. The van der Waals surface area contributed by atoms with Crippen LogP contribution < -0.4 is 10.6 Å².